The first-order valence-corrected chi connectivity index (χ1v) is 5.21. The smallest absolute Gasteiger partial charge is 0.254 e. The fraction of sp³-hybridized carbons (Fsp3) is 0.417. The zero-order chi connectivity index (χ0) is 10.8. The van der Waals surface area contributed by atoms with E-state index in [-0.39, 0.29) is 11.5 Å². The van der Waals surface area contributed by atoms with Crippen molar-refractivity contribution in [2.24, 2.45) is 5.92 Å². The molecule has 0 atom stereocenters. The van der Waals surface area contributed by atoms with Crippen LogP contribution in [0.25, 0.3) is 0 Å². The molecule has 80 valence electrons. The number of amides is 1. The maximum absolute atomic E-state index is 13.3. The van der Waals surface area contributed by atoms with Crippen molar-refractivity contribution in [3.63, 3.8) is 0 Å². The SMILES string of the molecule is Cc1ccc(F)c(C(=O)NCC2CC2)c1. The minimum absolute atomic E-state index is 0.149. The van der Waals surface area contributed by atoms with Crippen LogP contribution in [0.15, 0.2) is 18.2 Å². The number of carbonyl (C=O) groups excluding carboxylic acids is 1. The molecule has 15 heavy (non-hydrogen) atoms. The molecule has 0 bridgehead atoms. The molecule has 3 heteroatoms. The van der Waals surface area contributed by atoms with Crippen LogP contribution in [0, 0.1) is 18.7 Å². The molecule has 0 saturated heterocycles. The van der Waals surface area contributed by atoms with Crippen LogP contribution >= 0.6 is 0 Å². The lowest BCUT2D eigenvalue weighted by Gasteiger charge is -2.05. The van der Waals surface area contributed by atoms with E-state index in [1.54, 1.807) is 12.1 Å². The molecule has 2 rings (SSSR count). The molecule has 1 aromatic rings. The molecule has 0 radical (unpaired) electrons. The zero-order valence-electron chi connectivity index (χ0n) is 8.72. The van der Waals surface area contributed by atoms with Gasteiger partial charge in [0.05, 0.1) is 5.56 Å². The van der Waals surface area contributed by atoms with Crippen LogP contribution in [0.1, 0.15) is 28.8 Å². The summed E-state index contributed by atoms with van der Waals surface area (Å²) in [6.07, 6.45) is 2.35. The Morgan fingerprint density at radius 3 is 2.93 bits per heavy atom. The average molecular weight is 207 g/mol. The van der Waals surface area contributed by atoms with Gasteiger partial charge in [-0.25, -0.2) is 4.39 Å². The summed E-state index contributed by atoms with van der Waals surface area (Å²) < 4.78 is 13.3. The molecule has 0 aliphatic heterocycles. The minimum Gasteiger partial charge on any atom is -0.352 e. The van der Waals surface area contributed by atoms with Gasteiger partial charge in [0.1, 0.15) is 5.82 Å². The minimum atomic E-state index is -0.450. The molecule has 1 N–H and O–H groups in total. The Morgan fingerprint density at radius 1 is 1.53 bits per heavy atom. The zero-order valence-corrected chi connectivity index (χ0v) is 8.72. The van der Waals surface area contributed by atoms with Crippen LogP contribution in [-0.4, -0.2) is 12.5 Å². The second kappa shape index (κ2) is 4.01. The highest BCUT2D eigenvalue weighted by molar-refractivity contribution is 5.94. The van der Waals surface area contributed by atoms with E-state index in [0.717, 1.165) is 5.56 Å². The fourth-order valence-electron chi connectivity index (χ4n) is 1.47. The highest BCUT2D eigenvalue weighted by Crippen LogP contribution is 2.27. The maximum Gasteiger partial charge on any atom is 0.254 e. The molecule has 1 fully saturated rings. The third-order valence-corrected chi connectivity index (χ3v) is 2.61. The second-order valence-electron chi connectivity index (χ2n) is 4.14. The summed E-state index contributed by atoms with van der Waals surface area (Å²) in [7, 11) is 0. The van der Waals surface area contributed by atoms with E-state index in [1.807, 2.05) is 6.92 Å². The number of carbonyl (C=O) groups is 1. The summed E-state index contributed by atoms with van der Waals surface area (Å²) in [6, 6.07) is 4.58. The predicted molar refractivity (Wildman–Crippen MR) is 56.2 cm³/mol. The van der Waals surface area contributed by atoms with Crippen molar-refractivity contribution in [2.45, 2.75) is 19.8 Å². The number of benzene rings is 1. The van der Waals surface area contributed by atoms with Gasteiger partial charge in [0.15, 0.2) is 0 Å². The van der Waals surface area contributed by atoms with Gasteiger partial charge in [0, 0.05) is 6.54 Å². The van der Waals surface area contributed by atoms with Crippen LogP contribution in [-0.2, 0) is 0 Å². The number of hydrogen-bond donors (Lipinski definition) is 1. The first-order chi connectivity index (χ1) is 7.16. The molecule has 0 heterocycles. The van der Waals surface area contributed by atoms with Gasteiger partial charge in [-0.2, -0.15) is 0 Å². The molecule has 1 aliphatic rings. The van der Waals surface area contributed by atoms with Gasteiger partial charge >= 0.3 is 0 Å². The second-order valence-corrected chi connectivity index (χ2v) is 4.14. The Labute approximate surface area is 88.5 Å². The summed E-state index contributed by atoms with van der Waals surface area (Å²) >= 11 is 0. The topological polar surface area (TPSA) is 29.1 Å². The van der Waals surface area contributed by atoms with E-state index in [1.165, 1.54) is 18.9 Å². The normalized spacial score (nSPS) is 15.1. The highest BCUT2D eigenvalue weighted by Gasteiger charge is 2.22. The van der Waals surface area contributed by atoms with Crippen LogP contribution in [0.2, 0.25) is 0 Å². The fourth-order valence-corrected chi connectivity index (χ4v) is 1.47. The van der Waals surface area contributed by atoms with E-state index in [2.05, 4.69) is 5.32 Å². The van der Waals surface area contributed by atoms with Crippen molar-refractivity contribution in [3.05, 3.63) is 35.1 Å². The third-order valence-electron chi connectivity index (χ3n) is 2.61. The lowest BCUT2D eigenvalue weighted by atomic mass is 10.1. The van der Waals surface area contributed by atoms with Gasteiger partial charge in [-0.15, -0.1) is 0 Å². The number of rotatable bonds is 3. The molecule has 1 aliphatic carbocycles. The number of nitrogens with one attached hydrogen (secondary N) is 1. The number of halogens is 1. The van der Waals surface area contributed by atoms with Crippen LogP contribution in [0.4, 0.5) is 4.39 Å². The Morgan fingerprint density at radius 2 is 2.27 bits per heavy atom. The molecule has 1 saturated carbocycles. The van der Waals surface area contributed by atoms with E-state index in [0.29, 0.717) is 12.5 Å². The maximum atomic E-state index is 13.3. The van der Waals surface area contributed by atoms with Gasteiger partial charge in [-0.05, 0) is 37.8 Å². The van der Waals surface area contributed by atoms with E-state index in [9.17, 15) is 9.18 Å². The molecule has 0 spiro atoms. The summed E-state index contributed by atoms with van der Waals surface area (Å²) in [5, 5.41) is 2.75. The Kier molecular flexibility index (Phi) is 2.71. The Bertz CT molecular complexity index is 385. The molecule has 2 nitrogen and oxygen atoms in total. The molecular formula is C12H14FNO. The van der Waals surface area contributed by atoms with E-state index < -0.39 is 5.82 Å². The van der Waals surface area contributed by atoms with Gasteiger partial charge in [-0.3, -0.25) is 4.79 Å². The van der Waals surface area contributed by atoms with Gasteiger partial charge in [-0.1, -0.05) is 11.6 Å². The summed E-state index contributed by atoms with van der Waals surface area (Å²) in [6.45, 7) is 2.52. The predicted octanol–water partition coefficient (Wildman–Crippen LogP) is 2.27. The lowest BCUT2D eigenvalue weighted by Crippen LogP contribution is -2.26. The number of hydrogen-bond acceptors (Lipinski definition) is 1. The molecule has 1 aromatic carbocycles. The molecule has 0 aromatic heterocycles. The standard InChI is InChI=1S/C12H14FNO/c1-8-2-5-11(13)10(6-8)12(15)14-7-9-3-4-9/h2,5-6,9H,3-4,7H2,1H3,(H,14,15). The average Bonchev–Trinajstić information content (AvgIpc) is 3.02. The third kappa shape index (κ3) is 2.55. The Hall–Kier alpha value is -1.38. The van der Waals surface area contributed by atoms with E-state index in [4.69, 9.17) is 0 Å². The molecular weight excluding hydrogens is 193 g/mol. The monoisotopic (exact) mass is 207 g/mol. The summed E-state index contributed by atoms with van der Waals surface area (Å²) in [5.41, 5.74) is 1.05. The van der Waals surface area contributed by atoms with Gasteiger partial charge in [0.25, 0.3) is 5.91 Å². The molecule has 1 amide bonds. The van der Waals surface area contributed by atoms with Gasteiger partial charge < -0.3 is 5.32 Å². The first kappa shape index (κ1) is 10.1. The van der Waals surface area contributed by atoms with Crippen molar-refractivity contribution in [1.29, 1.82) is 0 Å². The van der Waals surface area contributed by atoms with Crippen molar-refractivity contribution < 1.29 is 9.18 Å². The largest absolute Gasteiger partial charge is 0.352 e. The van der Waals surface area contributed by atoms with Crippen LogP contribution < -0.4 is 5.32 Å². The van der Waals surface area contributed by atoms with Crippen LogP contribution in [0.3, 0.4) is 0 Å². The van der Waals surface area contributed by atoms with Crippen LogP contribution in [0.5, 0.6) is 0 Å². The lowest BCUT2D eigenvalue weighted by molar-refractivity contribution is 0.0947. The number of aryl methyl sites for hydroxylation is 1. The quantitative estimate of drug-likeness (QED) is 0.809. The van der Waals surface area contributed by atoms with Crippen molar-refractivity contribution in [2.75, 3.05) is 6.54 Å². The summed E-state index contributed by atoms with van der Waals surface area (Å²) in [5.74, 6) is -0.140. The van der Waals surface area contributed by atoms with Crippen molar-refractivity contribution >= 4 is 5.91 Å². The highest BCUT2D eigenvalue weighted by atomic mass is 19.1. The first-order valence-electron chi connectivity index (χ1n) is 5.21. The van der Waals surface area contributed by atoms with Crippen molar-refractivity contribution in [1.82, 2.24) is 5.32 Å². The van der Waals surface area contributed by atoms with Crippen molar-refractivity contribution in [3.8, 4) is 0 Å². The molecule has 0 unspecified atom stereocenters. The Balaban J connectivity index is 2.05. The van der Waals surface area contributed by atoms with Gasteiger partial charge in [0.2, 0.25) is 0 Å². The summed E-state index contributed by atoms with van der Waals surface area (Å²) in [4.78, 5) is 11.6. The van der Waals surface area contributed by atoms with E-state index >= 15 is 0 Å².